The van der Waals surface area contributed by atoms with Gasteiger partial charge in [0.15, 0.2) is 0 Å². The van der Waals surface area contributed by atoms with E-state index in [0.29, 0.717) is 52.6 Å². The molecule has 1 aromatic carbocycles. The molecule has 0 unspecified atom stereocenters. The van der Waals surface area contributed by atoms with E-state index in [4.69, 9.17) is 4.74 Å². The molecule has 0 atom stereocenters. The smallest absolute Gasteiger partial charge is 0.315 e. The molecule has 1 fully saturated rings. The minimum absolute atomic E-state index is 0.0324. The van der Waals surface area contributed by atoms with Crippen molar-refractivity contribution in [1.82, 2.24) is 19.9 Å². The van der Waals surface area contributed by atoms with Gasteiger partial charge >= 0.3 is 5.92 Å². The van der Waals surface area contributed by atoms with E-state index in [2.05, 4.69) is 25.3 Å². The lowest BCUT2D eigenvalue weighted by atomic mass is 9.93. The van der Waals surface area contributed by atoms with E-state index in [1.54, 1.807) is 12.1 Å². The van der Waals surface area contributed by atoms with Crippen molar-refractivity contribution in [2.75, 3.05) is 12.4 Å². The summed E-state index contributed by atoms with van der Waals surface area (Å²) in [6, 6.07) is 8.84. The quantitative estimate of drug-likeness (QED) is 0.355. The average molecular weight is 516 g/mol. The molecule has 0 saturated heterocycles. The summed E-state index contributed by atoms with van der Waals surface area (Å²) >= 11 is 1.33. The minimum Gasteiger partial charge on any atom is -0.481 e. The summed E-state index contributed by atoms with van der Waals surface area (Å²) in [5, 5.41) is 13.6. The monoisotopic (exact) mass is 515 g/mol. The lowest BCUT2D eigenvalue weighted by Gasteiger charge is -2.26. The average Bonchev–Trinajstić information content (AvgIpc) is 3.27. The fourth-order valence-electron chi connectivity index (χ4n) is 4.21. The van der Waals surface area contributed by atoms with Gasteiger partial charge in [-0.3, -0.25) is 0 Å². The van der Waals surface area contributed by atoms with Crippen LogP contribution in [-0.2, 0) is 12.3 Å². The molecule has 1 aliphatic rings. The Morgan fingerprint density at radius 1 is 1.03 bits per heavy atom. The van der Waals surface area contributed by atoms with Crippen molar-refractivity contribution in [3.8, 4) is 5.88 Å². The number of hydrogen-bond donors (Lipinski definition) is 2. The van der Waals surface area contributed by atoms with E-state index in [9.17, 15) is 9.50 Å². The van der Waals surface area contributed by atoms with Gasteiger partial charge in [-0.15, -0.1) is 0 Å². The highest BCUT2D eigenvalue weighted by molar-refractivity contribution is 7.18. The Morgan fingerprint density at radius 3 is 2.50 bits per heavy atom. The number of pyridine rings is 1. The maximum atomic E-state index is 15.5. The maximum absolute atomic E-state index is 15.5. The van der Waals surface area contributed by atoms with Gasteiger partial charge in [-0.1, -0.05) is 11.3 Å². The van der Waals surface area contributed by atoms with Crippen molar-refractivity contribution in [1.29, 1.82) is 0 Å². The van der Waals surface area contributed by atoms with Gasteiger partial charge < -0.3 is 15.2 Å². The van der Waals surface area contributed by atoms with E-state index >= 15 is 8.78 Å². The Bertz CT molecular complexity index is 1360. The Balaban J connectivity index is 1.49. The molecule has 5 rings (SSSR count). The summed E-state index contributed by atoms with van der Waals surface area (Å²) in [5.41, 5.74) is 0.196. The summed E-state index contributed by atoms with van der Waals surface area (Å²) in [6.45, 7) is 0. The molecule has 1 saturated carbocycles. The SMILES string of the molecule is COc1ccc2nc(Cc3cc(C(F)(F)c4ccc(F)cc4)nc(NC4CCC(O)CC4)n3)sc2n1. The molecule has 1 aliphatic carbocycles. The van der Waals surface area contributed by atoms with E-state index in [1.165, 1.54) is 24.5 Å². The molecule has 7 nitrogen and oxygen atoms in total. The van der Waals surface area contributed by atoms with Crippen LogP contribution in [0.4, 0.5) is 19.1 Å². The van der Waals surface area contributed by atoms with Gasteiger partial charge in [0.25, 0.3) is 0 Å². The van der Waals surface area contributed by atoms with Crippen molar-refractivity contribution < 1.29 is 23.0 Å². The van der Waals surface area contributed by atoms with Crippen molar-refractivity contribution in [2.45, 2.75) is 50.2 Å². The summed E-state index contributed by atoms with van der Waals surface area (Å²) in [4.78, 5) is 18.3. The number of aliphatic hydroxyl groups excluding tert-OH is 1. The van der Waals surface area contributed by atoms with Crippen molar-refractivity contribution in [3.63, 3.8) is 0 Å². The number of anilines is 1. The van der Waals surface area contributed by atoms with Crippen LogP contribution in [0.3, 0.4) is 0 Å². The van der Waals surface area contributed by atoms with Crippen LogP contribution in [0, 0.1) is 5.82 Å². The first-order valence-corrected chi connectivity index (χ1v) is 12.4. The first-order valence-electron chi connectivity index (χ1n) is 11.6. The third-order valence-corrected chi connectivity index (χ3v) is 7.12. The highest BCUT2D eigenvalue weighted by Gasteiger charge is 2.37. The molecule has 4 aromatic rings. The van der Waals surface area contributed by atoms with Gasteiger partial charge in [-0.05, 0) is 62.1 Å². The molecule has 0 spiro atoms. The van der Waals surface area contributed by atoms with Crippen molar-refractivity contribution in [3.05, 3.63) is 70.2 Å². The standard InChI is InChI=1S/C25H24F3N5O2S/c1-35-21-11-10-19-23(33-21)36-22(31-19)13-17-12-20(25(27,28)14-2-4-15(26)5-3-14)32-24(30-17)29-16-6-8-18(34)9-7-16/h2-5,10-12,16,18,34H,6-9,13H2,1H3,(H,29,30,32). The molecule has 0 bridgehead atoms. The zero-order valence-electron chi connectivity index (χ0n) is 19.4. The number of rotatable bonds is 7. The zero-order chi connectivity index (χ0) is 25.3. The fourth-order valence-corrected chi connectivity index (χ4v) is 5.15. The predicted octanol–water partition coefficient (Wildman–Crippen LogP) is 5.08. The number of halogens is 3. The number of benzene rings is 1. The number of hydrogen-bond acceptors (Lipinski definition) is 8. The van der Waals surface area contributed by atoms with Crippen LogP contribution < -0.4 is 10.1 Å². The number of aliphatic hydroxyl groups is 1. The van der Waals surface area contributed by atoms with Crippen LogP contribution in [-0.4, -0.2) is 44.3 Å². The second-order valence-corrected chi connectivity index (χ2v) is 9.82. The van der Waals surface area contributed by atoms with E-state index in [0.717, 1.165) is 24.3 Å². The van der Waals surface area contributed by atoms with Crippen LogP contribution in [0.25, 0.3) is 10.3 Å². The van der Waals surface area contributed by atoms with E-state index in [-0.39, 0.29) is 30.1 Å². The first kappa shape index (κ1) is 24.4. The highest BCUT2D eigenvalue weighted by atomic mass is 32.1. The van der Waals surface area contributed by atoms with Gasteiger partial charge in [0, 0.05) is 24.1 Å². The van der Waals surface area contributed by atoms with Gasteiger partial charge in [0.2, 0.25) is 11.8 Å². The summed E-state index contributed by atoms with van der Waals surface area (Å²) in [5.74, 6) is -3.51. The molecule has 0 radical (unpaired) electrons. The van der Waals surface area contributed by atoms with Crippen LogP contribution in [0.5, 0.6) is 5.88 Å². The fraction of sp³-hybridized carbons (Fsp3) is 0.360. The second-order valence-electron chi connectivity index (χ2n) is 8.76. The topological polar surface area (TPSA) is 93.1 Å². The zero-order valence-corrected chi connectivity index (χ0v) is 20.2. The van der Waals surface area contributed by atoms with Crippen molar-refractivity contribution in [2.24, 2.45) is 0 Å². The Labute approximate surface area is 209 Å². The minimum atomic E-state index is -3.47. The maximum Gasteiger partial charge on any atom is 0.315 e. The van der Waals surface area contributed by atoms with Crippen molar-refractivity contribution >= 4 is 27.6 Å². The largest absolute Gasteiger partial charge is 0.481 e. The normalized spacial score (nSPS) is 18.4. The second kappa shape index (κ2) is 9.98. The van der Waals surface area contributed by atoms with Gasteiger partial charge in [-0.25, -0.2) is 24.3 Å². The third kappa shape index (κ3) is 5.26. The van der Waals surface area contributed by atoms with Crippen LogP contribution in [0.15, 0.2) is 42.5 Å². The lowest BCUT2D eigenvalue weighted by molar-refractivity contribution is 0.0378. The first-order chi connectivity index (χ1) is 17.3. The number of nitrogens with one attached hydrogen (secondary N) is 1. The Hall–Kier alpha value is -3.31. The Kier molecular flexibility index (Phi) is 6.76. The number of aromatic nitrogens is 4. The van der Waals surface area contributed by atoms with Crippen LogP contribution >= 0.6 is 11.3 Å². The van der Waals surface area contributed by atoms with Gasteiger partial charge in [0.1, 0.15) is 26.9 Å². The molecular formula is C25H24F3N5O2S. The van der Waals surface area contributed by atoms with Crippen LogP contribution in [0.1, 0.15) is 47.6 Å². The molecular weight excluding hydrogens is 491 g/mol. The number of fused-ring (bicyclic) bond motifs is 1. The summed E-state index contributed by atoms with van der Waals surface area (Å²) in [7, 11) is 1.53. The molecule has 3 aromatic heterocycles. The molecule has 188 valence electrons. The summed E-state index contributed by atoms with van der Waals surface area (Å²) in [6.07, 6.45) is 2.47. The number of thiazole rings is 1. The van der Waals surface area contributed by atoms with Gasteiger partial charge in [0.05, 0.1) is 18.9 Å². The number of alkyl halides is 2. The molecule has 2 N–H and O–H groups in total. The molecule has 11 heteroatoms. The van der Waals surface area contributed by atoms with Crippen LogP contribution in [0.2, 0.25) is 0 Å². The molecule has 0 aliphatic heterocycles. The van der Waals surface area contributed by atoms with E-state index < -0.39 is 17.4 Å². The van der Waals surface area contributed by atoms with Gasteiger partial charge in [-0.2, -0.15) is 8.78 Å². The molecule has 0 amide bonds. The number of nitrogens with zero attached hydrogens (tertiary/aromatic N) is 4. The molecule has 3 heterocycles. The third-order valence-electron chi connectivity index (χ3n) is 6.15. The summed E-state index contributed by atoms with van der Waals surface area (Å²) < 4.78 is 49.5. The van der Waals surface area contributed by atoms with E-state index in [1.807, 2.05) is 0 Å². The highest BCUT2D eigenvalue weighted by Crippen LogP contribution is 2.36. The number of methoxy groups -OCH3 is 1. The number of ether oxygens (including phenoxy) is 1. The molecule has 36 heavy (non-hydrogen) atoms. The lowest BCUT2D eigenvalue weighted by Crippen LogP contribution is -2.29. The Morgan fingerprint density at radius 2 is 1.78 bits per heavy atom. The predicted molar refractivity (Wildman–Crippen MR) is 130 cm³/mol.